The topological polar surface area (TPSA) is 56.7 Å². The summed E-state index contributed by atoms with van der Waals surface area (Å²) in [7, 11) is 0. The van der Waals surface area contributed by atoms with E-state index in [1.807, 2.05) is 0 Å². The fourth-order valence-electron chi connectivity index (χ4n) is 3.85. The number of aliphatic hydroxyl groups is 1. The molecule has 4 atom stereocenters. The van der Waals surface area contributed by atoms with Crippen LogP contribution in [0.4, 0.5) is 0 Å². The predicted octanol–water partition coefficient (Wildman–Crippen LogP) is 1.18. The van der Waals surface area contributed by atoms with Crippen LogP contribution in [-0.4, -0.2) is 43.2 Å². The molecule has 0 aromatic rings. The van der Waals surface area contributed by atoms with Gasteiger partial charge < -0.3 is 10.4 Å². The molecule has 3 unspecified atom stereocenters. The maximum Gasteiger partial charge on any atom is 0.103 e. The van der Waals surface area contributed by atoms with Gasteiger partial charge >= 0.3 is 0 Å². The molecule has 0 radical (unpaired) electrons. The van der Waals surface area contributed by atoms with E-state index < -0.39 is 0 Å². The molecule has 1 fully saturated rings. The summed E-state index contributed by atoms with van der Waals surface area (Å²) in [5.41, 5.74) is 2.55. The second-order valence-electron chi connectivity index (χ2n) is 6.80. The lowest BCUT2D eigenvalue weighted by molar-refractivity contribution is 0.322. The quantitative estimate of drug-likeness (QED) is 0.679. The molecule has 3 rings (SSSR count). The molecule has 0 saturated carbocycles. The van der Waals surface area contributed by atoms with Gasteiger partial charge in [-0.05, 0) is 30.6 Å². The lowest BCUT2D eigenvalue weighted by atomic mass is 9.79. The molecule has 1 saturated heterocycles. The van der Waals surface area contributed by atoms with Crippen LogP contribution in [0.5, 0.6) is 0 Å². The Morgan fingerprint density at radius 1 is 1.40 bits per heavy atom. The molecular formula is C16H27N3O. The van der Waals surface area contributed by atoms with Gasteiger partial charge in [-0.15, -0.1) is 0 Å². The minimum Gasteiger partial charge on any atom is -0.390 e. The van der Waals surface area contributed by atoms with E-state index in [0.717, 1.165) is 38.2 Å². The summed E-state index contributed by atoms with van der Waals surface area (Å²) in [5.74, 6) is 2.61. The van der Waals surface area contributed by atoms with Crippen molar-refractivity contribution in [3.8, 4) is 0 Å². The second kappa shape index (κ2) is 5.96. The van der Waals surface area contributed by atoms with Crippen LogP contribution in [-0.2, 0) is 0 Å². The van der Waals surface area contributed by atoms with Crippen molar-refractivity contribution < 1.29 is 5.11 Å². The van der Waals surface area contributed by atoms with Crippen LogP contribution in [0.15, 0.2) is 16.6 Å². The molecule has 0 aromatic carbocycles. The lowest BCUT2D eigenvalue weighted by Crippen LogP contribution is -2.36. The molecule has 0 aromatic heterocycles. The highest BCUT2D eigenvalue weighted by Crippen LogP contribution is 2.37. The molecule has 3 aliphatic rings. The number of nitrogens with one attached hydrogen (secondary N) is 2. The van der Waals surface area contributed by atoms with Crippen molar-refractivity contribution in [3.05, 3.63) is 11.6 Å². The van der Waals surface area contributed by atoms with Crippen molar-refractivity contribution in [2.75, 3.05) is 26.2 Å². The Morgan fingerprint density at radius 2 is 2.25 bits per heavy atom. The number of hydrogen-bond donors (Lipinski definition) is 3. The maximum atomic E-state index is 9.24. The lowest BCUT2D eigenvalue weighted by Gasteiger charge is -2.32. The molecule has 3 aliphatic heterocycles. The number of rotatable bonds is 3. The Labute approximate surface area is 121 Å². The van der Waals surface area contributed by atoms with Crippen LogP contribution in [0.2, 0.25) is 0 Å². The molecule has 4 heteroatoms. The smallest absolute Gasteiger partial charge is 0.103 e. The van der Waals surface area contributed by atoms with Crippen LogP contribution in [0.3, 0.4) is 0 Å². The maximum absolute atomic E-state index is 9.24. The summed E-state index contributed by atoms with van der Waals surface area (Å²) in [6.07, 6.45) is 4.88. The van der Waals surface area contributed by atoms with Gasteiger partial charge in [-0.1, -0.05) is 25.5 Å². The highest BCUT2D eigenvalue weighted by Gasteiger charge is 2.40. The van der Waals surface area contributed by atoms with Crippen molar-refractivity contribution in [3.63, 3.8) is 0 Å². The van der Waals surface area contributed by atoms with E-state index in [0.29, 0.717) is 23.7 Å². The van der Waals surface area contributed by atoms with Crippen molar-refractivity contribution in [1.29, 1.82) is 0 Å². The van der Waals surface area contributed by atoms with Gasteiger partial charge in [-0.25, -0.2) is 0 Å². The van der Waals surface area contributed by atoms with E-state index in [4.69, 9.17) is 0 Å². The Kier molecular flexibility index (Phi) is 4.24. The third-order valence-corrected chi connectivity index (χ3v) is 5.21. The molecule has 0 spiro atoms. The van der Waals surface area contributed by atoms with E-state index in [2.05, 4.69) is 35.5 Å². The molecule has 0 amide bonds. The number of aliphatic hydroxyl groups excluding tert-OH is 1. The zero-order chi connectivity index (χ0) is 14.1. The molecule has 0 bridgehead atoms. The average molecular weight is 277 g/mol. The van der Waals surface area contributed by atoms with Crippen LogP contribution < -0.4 is 10.6 Å². The van der Waals surface area contributed by atoms with Crippen LogP contribution in [0.1, 0.15) is 26.7 Å². The summed E-state index contributed by atoms with van der Waals surface area (Å²) < 4.78 is 0. The Balaban J connectivity index is 1.74. The van der Waals surface area contributed by atoms with E-state index in [9.17, 15) is 5.11 Å². The van der Waals surface area contributed by atoms with Gasteiger partial charge in [0.25, 0.3) is 0 Å². The first-order valence-electron chi connectivity index (χ1n) is 8.00. The zero-order valence-electron chi connectivity index (χ0n) is 12.6. The fourth-order valence-corrected chi connectivity index (χ4v) is 3.85. The average Bonchev–Trinajstić information content (AvgIpc) is 2.90. The largest absolute Gasteiger partial charge is 0.390 e. The van der Waals surface area contributed by atoms with Gasteiger partial charge in [-0.2, -0.15) is 0 Å². The van der Waals surface area contributed by atoms with E-state index in [-0.39, 0.29) is 12.8 Å². The van der Waals surface area contributed by atoms with Crippen LogP contribution >= 0.6 is 0 Å². The summed E-state index contributed by atoms with van der Waals surface area (Å²) in [6.45, 7) is 7.92. The van der Waals surface area contributed by atoms with Crippen LogP contribution in [0.25, 0.3) is 0 Å². The monoisotopic (exact) mass is 277 g/mol. The zero-order valence-corrected chi connectivity index (χ0v) is 12.6. The fraction of sp³-hybridized carbons (Fsp3) is 0.812. The van der Waals surface area contributed by atoms with E-state index >= 15 is 0 Å². The molecule has 0 aliphatic carbocycles. The number of fused-ring (bicyclic) bond motifs is 1. The van der Waals surface area contributed by atoms with Gasteiger partial charge in [0, 0.05) is 31.3 Å². The normalized spacial score (nSPS) is 37.6. The molecule has 20 heavy (non-hydrogen) atoms. The summed E-state index contributed by atoms with van der Waals surface area (Å²) in [5, 5.41) is 16.4. The Bertz CT molecular complexity index is 416. The first-order valence-corrected chi connectivity index (χ1v) is 8.00. The molecular weight excluding hydrogens is 250 g/mol. The van der Waals surface area contributed by atoms with Crippen molar-refractivity contribution in [1.82, 2.24) is 10.6 Å². The predicted molar refractivity (Wildman–Crippen MR) is 81.8 cm³/mol. The first kappa shape index (κ1) is 14.2. The highest BCUT2D eigenvalue weighted by molar-refractivity contribution is 5.86. The third kappa shape index (κ3) is 2.69. The summed E-state index contributed by atoms with van der Waals surface area (Å²) in [4.78, 5) is 4.67. The van der Waals surface area contributed by atoms with Crippen LogP contribution in [0, 0.1) is 23.7 Å². The Morgan fingerprint density at radius 3 is 3.00 bits per heavy atom. The van der Waals surface area contributed by atoms with E-state index in [1.54, 1.807) is 5.57 Å². The van der Waals surface area contributed by atoms with Gasteiger partial charge in [0.2, 0.25) is 0 Å². The third-order valence-electron chi connectivity index (χ3n) is 5.21. The van der Waals surface area contributed by atoms with Crippen molar-refractivity contribution >= 4 is 5.71 Å². The Hall–Kier alpha value is -0.710. The van der Waals surface area contributed by atoms with Gasteiger partial charge in [0.05, 0.1) is 6.61 Å². The number of nitrogens with zero attached hydrogens (tertiary/aromatic N) is 1. The SMILES string of the molecule is CC(C)[C@H]1C=C(C2CNC3N=C(CO)CCC32)CNC1. The van der Waals surface area contributed by atoms with E-state index in [1.165, 1.54) is 0 Å². The number of hydrogen-bond acceptors (Lipinski definition) is 4. The summed E-state index contributed by atoms with van der Waals surface area (Å²) in [6, 6.07) is 0. The highest BCUT2D eigenvalue weighted by atomic mass is 16.3. The molecule has 4 nitrogen and oxygen atoms in total. The number of aliphatic imine (C=N–C) groups is 1. The van der Waals surface area contributed by atoms with Crippen molar-refractivity contribution in [2.24, 2.45) is 28.7 Å². The van der Waals surface area contributed by atoms with Crippen molar-refractivity contribution in [2.45, 2.75) is 32.9 Å². The molecule has 3 N–H and O–H groups in total. The minimum absolute atomic E-state index is 0.120. The molecule has 112 valence electrons. The second-order valence-corrected chi connectivity index (χ2v) is 6.80. The van der Waals surface area contributed by atoms with Gasteiger partial charge in [0.15, 0.2) is 0 Å². The first-order chi connectivity index (χ1) is 9.69. The van der Waals surface area contributed by atoms with Gasteiger partial charge in [-0.3, -0.25) is 10.3 Å². The standard InChI is InChI=1S/C16H27N3O/c1-10(2)11-5-12(7-17-6-11)15-8-18-16-14(15)4-3-13(9-20)19-16/h5,10-11,14-18,20H,3-4,6-9H2,1-2H3/t11-,14?,15?,16?/m0/s1. The summed E-state index contributed by atoms with van der Waals surface area (Å²) >= 11 is 0. The minimum atomic E-state index is 0.120. The van der Waals surface area contributed by atoms with Gasteiger partial charge in [0.1, 0.15) is 6.17 Å². The molecule has 3 heterocycles.